The fourth-order valence-electron chi connectivity index (χ4n) is 2.39. The smallest absolute Gasteiger partial charge is 0.231 e. The van der Waals surface area contributed by atoms with Crippen LogP contribution in [0, 0.1) is 6.92 Å². The molecule has 3 rings (SSSR count). The predicted molar refractivity (Wildman–Crippen MR) is 99.8 cm³/mol. The van der Waals surface area contributed by atoms with Gasteiger partial charge in [-0.15, -0.1) is 0 Å². The van der Waals surface area contributed by atoms with Crippen molar-refractivity contribution in [3.8, 4) is 17.2 Å². The third-order valence-electron chi connectivity index (χ3n) is 3.71. The van der Waals surface area contributed by atoms with Crippen LogP contribution < -0.4 is 19.5 Å². The fraction of sp³-hybridized carbons (Fsp3) is 0.316. The number of para-hydroxylation sites is 1. The first-order valence-corrected chi connectivity index (χ1v) is 9.33. The van der Waals surface area contributed by atoms with Crippen molar-refractivity contribution >= 4 is 23.4 Å². The van der Waals surface area contributed by atoms with Crippen molar-refractivity contribution in [2.45, 2.75) is 13.3 Å². The number of amides is 1. The highest BCUT2D eigenvalue weighted by Crippen LogP contribution is 2.34. The van der Waals surface area contributed by atoms with E-state index >= 15 is 0 Å². The number of thioether (sulfide) groups is 1. The molecule has 25 heavy (non-hydrogen) atoms. The number of rotatable bonds is 8. The molecule has 0 fully saturated rings. The summed E-state index contributed by atoms with van der Waals surface area (Å²) in [5, 5.41) is 2.88. The summed E-state index contributed by atoms with van der Waals surface area (Å²) >= 11 is 1.71. The van der Waals surface area contributed by atoms with Crippen LogP contribution in [-0.2, 0) is 4.79 Å². The van der Waals surface area contributed by atoms with Crippen LogP contribution in [0.3, 0.4) is 0 Å². The normalized spacial score (nSPS) is 12.0. The Morgan fingerprint density at radius 3 is 2.88 bits per heavy atom. The molecule has 0 radical (unpaired) electrons. The Bertz CT molecular complexity index is 735. The van der Waals surface area contributed by atoms with Crippen molar-refractivity contribution in [3.05, 3.63) is 48.0 Å². The van der Waals surface area contributed by atoms with Crippen LogP contribution in [0.4, 0.5) is 5.69 Å². The third-order valence-corrected chi connectivity index (χ3v) is 4.66. The molecule has 2 aromatic carbocycles. The van der Waals surface area contributed by atoms with Gasteiger partial charge < -0.3 is 19.5 Å². The molecule has 1 aliphatic heterocycles. The monoisotopic (exact) mass is 359 g/mol. The zero-order valence-electron chi connectivity index (χ0n) is 14.1. The first-order chi connectivity index (χ1) is 12.2. The Hall–Kier alpha value is -2.34. The fourth-order valence-corrected chi connectivity index (χ4v) is 3.13. The number of carbonyl (C=O) groups is 1. The second-order valence-electron chi connectivity index (χ2n) is 5.59. The van der Waals surface area contributed by atoms with E-state index in [0.29, 0.717) is 24.5 Å². The van der Waals surface area contributed by atoms with Gasteiger partial charge in [-0.25, -0.2) is 0 Å². The van der Waals surface area contributed by atoms with E-state index in [2.05, 4.69) is 5.32 Å². The van der Waals surface area contributed by atoms with E-state index in [0.717, 1.165) is 28.5 Å². The van der Waals surface area contributed by atoms with Gasteiger partial charge in [0.2, 0.25) is 12.7 Å². The highest BCUT2D eigenvalue weighted by Gasteiger charge is 2.14. The largest absolute Gasteiger partial charge is 0.492 e. The van der Waals surface area contributed by atoms with E-state index in [1.54, 1.807) is 23.9 Å². The molecular weight excluding hydrogens is 338 g/mol. The topological polar surface area (TPSA) is 56.8 Å². The van der Waals surface area contributed by atoms with Crippen LogP contribution in [0.1, 0.15) is 12.0 Å². The maximum atomic E-state index is 12.0. The Balaban J connectivity index is 1.31. The van der Waals surface area contributed by atoms with Crippen LogP contribution in [0.15, 0.2) is 42.5 Å². The number of hydrogen-bond acceptors (Lipinski definition) is 5. The first kappa shape index (κ1) is 17.5. The van der Waals surface area contributed by atoms with Crippen molar-refractivity contribution in [1.29, 1.82) is 0 Å². The average molecular weight is 359 g/mol. The van der Waals surface area contributed by atoms with Crippen molar-refractivity contribution < 1.29 is 19.0 Å². The molecule has 0 aliphatic carbocycles. The minimum Gasteiger partial charge on any atom is -0.492 e. The summed E-state index contributed by atoms with van der Waals surface area (Å²) in [6.07, 6.45) is 0.462. The highest BCUT2D eigenvalue weighted by atomic mass is 32.2. The second kappa shape index (κ2) is 8.67. The lowest BCUT2D eigenvalue weighted by Crippen LogP contribution is -2.12. The van der Waals surface area contributed by atoms with Crippen molar-refractivity contribution in [2.75, 3.05) is 30.2 Å². The average Bonchev–Trinajstić information content (AvgIpc) is 3.07. The summed E-state index contributed by atoms with van der Waals surface area (Å²) in [6, 6.07) is 13.4. The molecule has 0 aromatic heterocycles. The highest BCUT2D eigenvalue weighted by molar-refractivity contribution is 7.99. The van der Waals surface area contributed by atoms with Crippen LogP contribution in [0.5, 0.6) is 17.2 Å². The van der Waals surface area contributed by atoms with Gasteiger partial charge in [0.25, 0.3) is 0 Å². The zero-order chi connectivity index (χ0) is 17.5. The Labute approximate surface area is 151 Å². The lowest BCUT2D eigenvalue weighted by Gasteiger charge is -2.09. The van der Waals surface area contributed by atoms with Gasteiger partial charge in [-0.05, 0) is 30.7 Å². The Morgan fingerprint density at radius 1 is 1.16 bits per heavy atom. The number of nitrogens with one attached hydrogen (secondary N) is 1. The van der Waals surface area contributed by atoms with E-state index in [-0.39, 0.29) is 12.7 Å². The Kier molecular flexibility index (Phi) is 6.06. The number of benzene rings is 2. The minimum absolute atomic E-state index is 0.00816. The number of anilines is 1. The molecule has 1 aliphatic rings. The number of carbonyl (C=O) groups excluding carboxylic acids is 1. The Morgan fingerprint density at radius 2 is 2.00 bits per heavy atom. The first-order valence-electron chi connectivity index (χ1n) is 8.18. The van der Waals surface area contributed by atoms with Gasteiger partial charge >= 0.3 is 0 Å². The SMILES string of the molecule is Cc1ccccc1OCCSCCC(=O)Nc1ccc2c(c1)OCO2. The molecule has 132 valence electrons. The second-order valence-corrected chi connectivity index (χ2v) is 6.82. The molecule has 0 bridgehead atoms. The molecule has 5 nitrogen and oxygen atoms in total. The summed E-state index contributed by atoms with van der Waals surface area (Å²) in [7, 11) is 0. The van der Waals surface area contributed by atoms with Crippen molar-refractivity contribution in [3.63, 3.8) is 0 Å². The molecule has 1 N–H and O–H groups in total. The molecule has 1 heterocycles. The molecule has 0 spiro atoms. The summed E-state index contributed by atoms with van der Waals surface area (Å²) in [6.45, 7) is 2.90. The molecule has 6 heteroatoms. The van der Waals surface area contributed by atoms with Gasteiger partial charge in [0.05, 0.1) is 6.61 Å². The molecule has 1 amide bonds. The summed E-state index contributed by atoms with van der Waals surface area (Å²) in [5.41, 5.74) is 1.86. The van der Waals surface area contributed by atoms with E-state index in [1.807, 2.05) is 37.3 Å². The van der Waals surface area contributed by atoms with Crippen LogP contribution in [0.2, 0.25) is 0 Å². The van der Waals surface area contributed by atoms with Crippen molar-refractivity contribution in [2.24, 2.45) is 0 Å². The van der Waals surface area contributed by atoms with Gasteiger partial charge in [0.15, 0.2) is 11.5 Å². The lowest BCUT2D eigenvalue weighted by molar-refractivity contribution is -0.115. The number of hydrogen-bond donors (Lipinski definition) is 1. The summed E-state index contributed by atoms with van der Waals surface area (Å²) < 4.78 is 16.3. The van der Waals surface area contributed by atoms with E-state index in [9.17, 15) is 4.79 Å². The predicted octanol–water partition coefficient (Wildman–Crippen LogP) is 3.86. The lowest BCUT2D eigenvalue weighted by atomic mass is 10.2. The van der Waals surface area contributed by atoms with Gasteiger partial charge in [-0.3, -0.25) is 4.79 Å². The minimum atomic E-state index is -0.00816. The van der Waals surface area contributed by atoms with Crippen LogP contribution >= 0.6 is 11.8 Å². The molecule has 2 aromatic rings. The van der Waals surface area contributed by atoms with Crippen LogP contribution in [0.25, 0.3) is 0 Å². The molecule has 0 saturated carbocycles. The maximum Gasteiger partial charge on any atom is 0.231 e. The summed E-state index contributed by atoms with van der Waals surface area (Å²) in [5.74, 6) is 3.90. The quantitative estimate of drug-likeness (QED) is 0.725. The number of ether oxygens (including phenoxy) is 3. The van der Waals surface area contributed by atoms with Gasteiger partial charge in [-0.2, -0.15) is 11.8 Å². The molecule has 0 saturated heterocycles. The number of aryl methyl sites for hydroxylation is 1. The van der Waals surface area contributed by atoms with E-state index in [1.165, 1.54) is 0 Å². The molecule has 0 atom stereocenters. The standard InChI is InChI=1S/C19H21NO4S/c1-14-4-2-3-5-16(14)22-9-11-25-10-8-19(21)20-15-6-7-17-18(12-15)24-13-23-17/h2-7,12H,8-11,13H2,1H3,(H,20,21). The third kappa shape index (κ3) is 5.06. The van der Waals surface area contributed by atoms with E-state index < -0.39 is 0 Å². The van der Waals surface area contributed by atoms with Gasteiger partial charge in [0.1, 0.15) is 5.75 Å². The van der Waals surface area contributed by atoms with Crippen LogP contribution in [-0.4, -0.2) is 30.8 Å². The summed E-state index contributed by atoms with van der Waals surface area (Å²) in [4.78, 5) is 12.0. The number of fused-ring (bicyclic) bond motifs is 1. The van der Waals surface area contributed by atoms with Gasteiger partial charge in [0, 0.05) is 29.7 Å². The maximum absolute atomic E-state index is 12.0. The molecule has 0 unspecified atom stereocenters. The van der Waals surface area contributed by atoms with Crippen molar-refractivity contribution in [1.82, 2.24) is 0 Å². The zero-order valence-corrected chi connectivity index (χ0v) is 14.9. The van der Waals surface area contributed by atoms with Gasteiger partial charge in [-0.1, -0.05) is 18.2 Å². The van der Waals surface area contributed by atoms with E-state index in [4.69, 9.17) is 14.2 Å². The molecular formula is C19H21NO4S.